The first-order valence-corrected chi connectivity index (χ1v) is 7.79. The van der Waals surface area contributed by atoms with Gasteiger partial charge < -0.3 is 0 Å². The molecule has 1 aromatic heterocycles. The summed E-state index contributed by atoms with van der Waals surface area (Å²) in [6.07, 6.45) is 1.42. The molecular formula is C17H10ClF3N4. The first-order chi connectivity index (χ1) is 12.0. The van der Waals surface area contributed by atoms with Crippen molar-refractivity contribution >= 4 is 23.3 Å². The number of rotatable bonds is 2. The van der Waals surface area contributed by atoms with Gasteiger partial charge in [0.2, 0.25) is 5.95 Å². The smallest absolute Gasteiger partial charge is 0.222 e. The number of aromatic nitrogens is 3. The van der Waals surface area contributed by atoms with Crippen LogP contribution in [0.1, 0.15) is 23.6 Å². The van der Waals surface area contributed by atoms with Gasteiger partial charge in [-0.3, -0.25) is 0 Å². The summed E-state index contributed by atoms with van der Waals surface area (Å²) in [5, 5.41) is 4.31. The van der Waals surface area contributed by atoms with Crippen molar-refractivity contribution in [3.63, 3.8) is 0 Å². The molecule has 1 atom stereocenters. The van der Waals surface area contributed by atoms with E-state index in [2.05, 4.69) is 15.1 Å². The first-order valence-electron chi connectivity index (χ1n) is 7.41. The highest BCUT2D eigenvalue weighted by atomic mass is 35.5. The van der Waals surface area contributed by atoms with Gasteiger partial charge in [0.05, 0.1) is 11.8 Å². The van der Waals surface area contributed by atoms with E-state index in [1.54, 1.807) is 6.07 Å². The minimum Gasteiger partial charge on any atom is -0.222 e. The van der Waals surface area contributed by atoms with Crippen LogP contribution in [0.2, 0.25) is 5.02 Å². The molecule has 0 aliphatic carbocycles. The number of hydrogen-bond donors (Lipinski definition) is 0. The predicted octanol–water partition coefficient (Wildman–Crippen LogP) is 4.46. The SMILES string of the molecule is Fc1ccc(C2=Nc3ncnn3C(c3c(F)cccc3Cl)C2)c(F)c1. The molecule has 0 N–H and O–H groups in total. The molecule has 0 amide bonds. The summed E-state index contributed by atoms with van der Waals surface area (Å²) in [6.45, 7) is 0. The molecule has 2 aromatic carbocycles. The summed E-state index contributed by atoms with van der Waals surface area (Å²) in [5.41, 5.74) is 0.682. The van der Waals surface area contributed by atoms with E-state index in [-0.39, 0.29) is 28.5 Å². The fourth-order valence-electron chi connectivity index (χ4n) is 2.93. The Morgan fingerprint density at radius 3 is 2.68 bits per heavy atom. The maximum Gasteiger partial charge on any atom is 0.248 e. The zero-order valence-electron chi connectivity index (χ0n) is 12.6. The lowest BCUT2D eigenvalue weighted by molar-refractivity contribution is 0.496. The third kappa shape index (κ3) is 2.70. The van der Waals surface area contributed by atoms with Gasteiger partial charge in [0.1, 0.15) is 23.8 Å². The molecule has 4 nitrogen and oxygen atoms in total. The topological polar surface area (TPSA) is 43.1 Å². The minimum absolute atomic E-state index is 0.133. The molecule has 0 saturated carbocycles. The van der Waals surface area contributed by atoms with Crippen molar-refractivity contribution < 1.29 is 13.2 Å². The van der Waals surface area contributed by atoms with E-state index >= 15 is 0 Å². The van der Waals surface area contributed by atoms with Crippen LogP contribution >= 0.6 is 11.6 Å². The van der Waals surface area contributed by atoms with Crippen molar-refractivity contribution in [3.05, 3.63) is 76.3 Å². The van der Waals surface area contributed by atoms with E-state index in [1.165, 1.54) is 29.2 Å². The maximum absolute atomic E-state index is 14.4. The van der Waals surface area contributed by atoms with Gasteiger partial charge in [0, 0.05) is 28.6 Å². The van der Waals surface area contributed by atoms with Gasteiger partial charge in [-0.1, -0.05) is 17.7 Å². The van der Waals surface area contributed by atoms with Gasteiger partial charge in [-0.15, -0.1) is 0 Å². The van der Waals surface area contributed by atoms with Gasteiger partial charge in [0.25, 0.3) is 0 Å². The largest absolute Gasteiger partial charge is 0.248 e. The van der Waals surface area contributed by atoms with Gasteiger partial charge in [0.15, 0.2) is 0 Å². The van der Waals surface area contributed by atoms with E-state index in [4.69, 9.17) is 11.6 Å². The van der Waals surface area contributed by atoms with Crippen LogP contribution in [0.15, 0.2) is 47.7 Å². The highest BCUT2D eigenvalue weighted by Gasteiger charge is 2.30. The molecule has 3 aromatic rings. The zero-order valence-corrected chi connectivity index (χ0v) is 13.4. The second-order valence-electron chi connectivity index (χ2n) is 5.54. The lowest BCUT2D eigenvalue weighted by Gasteiger charge is -2.25. The summed E-state index contributed by atoms with van der Waals surface area (Å²) in [6, 6.07) is 6.95. The lowest BCUT2D eigenvalue weighted by atomic mass is 9.95. The molecular weight excluding hydrogens is 353 g/mol. The van der Waals surface area contributed by atoms with Crippen LogP contribution < -0.4 is 0 Å². The Morgan fingerprint density at radius 2 is 1.92 bits per heavy atom. The van der Waals surface area contributed by atoms with Crippen molar-refractivity contribution in [2.24, 2.45) is 4.99 Å². The summed E-state index contributed by atoms with van der Waals surface area (Å²) < 4.78 is 43.2. The van der Waals surface area contributed by atoms with E-state index in [9.17, 15) is 13.2 Å². The highest BCUT2D eigenvalue weighted by Crippen LogP contribution is 2.37. The highest BCUT2D eigenvalue weighted by molar-refractivity contribution is 6.31. The fraction of sp³-hybridized carbons (Fsp3) is 0.118. The number of hydrogen-bond acceptors (Lipinski definition) is 3. The molecule has 4 rings (SSSR count). The van der Waals surface area contributed by atoms with Gasteiger partial charge in [-0.2, -0.15) is 10.1 Å². The summed E-state index contributed by atoms with van der Waals surface area (Å²) in [7, 11) is 0. The Kier molecular flexibility index (Phi) is 3.80. The van der Waals surface area contributed by atoms with Gasteiger partial charge >= 0.3 is 0 Å². The molecule has 0 radical (unpaired) electrons. The standard InChI is InChI=1S/C17H10ClF3N4/c18-11-2-1-3-12(20)16(11)15-7-14(24-17-22-8-23-25(15)17)10-5-4-9(19)6-13(10)21/h1-6,8,15H,7H2. The van der Waals surface area contributed by atoms with Crippen LogP contribution in [0, 0.1) is 17.5 Å². The van der Waals surface area contributed by atoms with Gasteiger partial charge in [-0.05, 0) is 24.3 Å². The Balaban J connectivity index is 1.86. The molecule has 1 aliphatic rings. The Bertz CT molecular complexity index is 979. The van der Waals surface area contributed by atoms with Crippen molar-refractivity contribution in [1.82, 2.24) is 14.8 Å². The third-order valence-corrected chi connectivity index (χ3v) is 4.38. The van der Waals surface area contributed by atoms with Gasteiger partial charge in [-0.25, -0.2) is 22.8 Å². The lowest BCUT2D eigenvalue weighted by Crippen LogP contribution is -2.23. The molecule has 0 fully saturated rings. The normalized spacial score (nSPS) is 16.5. The monoisotopic (exact) mass is 362 g/mol. The van der Waals surface area contributed by atoms with E-state index in [1.807, 2.05) is 0 Å². The average molecular weight is 363 g/mol. The van der Waals surface area contributed by atoms with E-state index < -0.39 is 23.5 Å². The van der Waals surface area contributed by atoms with Crippen molar-refractivity contribution in [1.29, 1.82) is 0 Å². The van der Waals surface area contributed by atoms with Crippen LogP contribution in [-0.4, -0.2) is 20.5 Å². The average Bonchev–Trinajstić information content (AvgIpc) is 3.03. The zero-order chi connectivity index (χ0) is 17.6. The van der Waals surface area contributed by atoms with Crippen LogP contribution in [0.5, 0.6) is 0 Å². The summed E-state index contributed by atoms with van der Waals surface area (Å²) in [4.78, 5) is 8.30. The summed E-state index contributed by atoms with van der Waals surface area (Å²) in [5.74, 6) is -1.73. The van der Waals surface area contributed by atoms with E-state index in [0.717, 1.165) is 12.1 Å². The molecule has 0 bridgehead atoms. The third-order valence-electron chi connectivity index (χ3n) is 4.05. The molecule has 1 aliphatic heterocycles. The molecule has 0 spiro atoms. The molecule has 1 unspecified atom stereocenters. The molecule has 25 heavy (non-hydrogen) atoms. The Morgan fingerprint density at radius 1 is 1.08 bits per heavy atom. The number of halogens is 4. The molecule has 2 heterocycles. The van der Waals surface area contributed by atoms with Crippen molar-refractivity contribution in [2.75, 3.05) is 0 Å². The molecule has 0 saturated heterocycles. The fourth-order valence-corrected chi connectivity index (χ4v) is 3.22. The van der Waals surface area contributed by atoms with Crippen molar-refractivity contribution in [3.8, 4) is 0 Å². The summed E-state index contributed by atoms with van der Waals surface area (Å²) >= 11 is 6.18. The Hall–Kier alpha value is -2.67. The second kappa shape index (κ2) is 6.00. The predicted molar refractivity (Wildman–Crippen MR) is 86.7 cm³/mol. The van der Waals surface area contributed by atoms with Crippen molar-refractivity contribution in [2.45, 2.75) is 12.5 Å². The molecule has 8 heteroatoms. The van der Waals surface area contributed by atoms with E-state index in [0.29, 0.717) is 5.71 Å². The number of aliphatic imine (C=N–C) groups is 1. The first kappa shape index (κ1) is 15.8. The van der Waals surface area contributed by atoms with Crippen LogP contribution in [0.4, 0.5) is 19.1 Å². The number of benzene rings is 2. The maximum atomic E-state index is 14.4. The quantitative estimate of drug-likeness (QED) is 0.675. The Labute approximate surface area is 145 Å². The van der Waals surface area contributed by atoms with Crippen LogP contribution in [0.25, 0.3) is 0 Å². The molecule has 126 valence electrons. The van der Waals surface area contributed by atoms with Crippen LogP contribution in [-0.2, 0) is 0 Å². The second-order valence-corrected chi connectivity index (χ2v) is 5.95. The number of fused-ring (bicyclic) bond motifs is 1. The minimum atomic E-state index is -0.745. The number of nitrogens with zero attached hydrogens (tertiary/aromatic N) is 4. The van der Waals surface area contributed by atoms with Crippen LogP contribution in [0.3, 0.4) is 0 Å².